The molecule has 7 heteroatoms. The van der Waals surface area contributed by atoms with E-state index < -0.39 is 24.1 Å². The molecule has 0 spiro atoms. The van der Waals surface area contributed by atoms with Crippen LogP contribution in [-0.4, -0.2) is 32.9 Å². The minimum atomic E-state index is -0.753. The Morgan fingerprint density at radius 2 is 1.77 bits per heavy atom. The first-order valence-corrected chi connectivity index (χ1v) is 7.22. The summed E-state index contributed by atoms with van der Waals surface area (Å²) in [5, 5.41) is 0. The normalized spacial score (nSPS) is 19.6. The number of aryl methyl sites for hydroxylation is 1. The smallest absolute Gasteiger partial charge is 0.399 e. The van der Waals surface area contributed by atoms with Crippen LogP contribution in [0, 0.1) is 12.7 Å². The first-order chi connectivity index (χ1) is 10.2. The van der Waals surface area contributed by atoms with Gasteiger partial charge < -0.3 is 9.31 Å². The Labute approximate surface area is 129 Å². The Kier molecular flexibility index (Phi) is 3.38. The lowest BCUT2D eigenvalue weighted by Gasteiger charge is -2.32. The second-order valence-corrected chi connectivity index (χ2v) is 6.57. The number of pyridine rings is 1. The molecule has 116 valence electrons. The number of nitrogens with zero attached hydrogens (tertiary/aromatic N) is 3. The van der Waals surface area contributed by atoms with Crippen LogP contribution in [0.5, 0.6) is 0 Å². The number of hydrogen-bond donors (Lipinski definition) is 0. The summed E-state index contributed by atoms with van der Waals surface area (Å²) in [5.41, 5.74) is 0.177. The van der Waals surface area contributed by atoms with Gasteiger partial charge in [-0.05, 0) is 40.7 Å². The van der Waals surface area contributed by atoms with E-state index in [1.165, 1.54) is 6.20 Å². The second-order valence-electron chi connectivity index (χ2n) is 6.57. The van der Waals surface area contributed by atoms with Crippen molar-refractivity contribution < 1.29 is 13.7 Å². The molecule has 2 aromatic heterocycles. The monoisotopic (exact) mass is 303 g/mol. The minimum absolute atomic E-state index is 0.343. The zero-order valence-electron chi connectivity index (χ0n) is 13.4. The SMILES string of the molecule is Cc1cn(-c2cc(B3OC(C)(C)C(C)(C)O3)c(F)cn2)cn1. The number of hydrogen-bond acceptors (Lipinski definition) is 4. The van der Waals surface area contributed by atoms with Gasteiger partial charge in [-0.2, -0.15) is 0 Å². The second kappa shape index (κ2) is 4.89. The van der Waals surface area contributed by atoms with Crippen LogP contribution < -0.4 is 5.46 Å². The zero-order chi connectivity index (χ0) is 16.1. The van der Waals surface area contributed by atoms with Crippen LogP contribution in [0.15, 0.2) is 24.8 Å². The third-order valence-electron chi connectivity index (χ3n) is 4.35. The van der Waals surface area contributed by atoms with Crippen molar-refractivity contribution in [3.8, 4) is 5.82 Å². The van der Waals surface area contributed by atoms with Gasteiger partial charge in [0.15, 0.2) is 0 Å². The van der Waals surface area contributed by atoms with Gasteiger partial charge in [-0.15, -0.1) is 0 Å². The van der Waals surface area contributed by atoms with Crippen LogP contribution in [0.4, 0.5) is 4.39 Å². The largest absolute Gasteiger partial charge is 0.498 e. The molecule has 2 aromatic rings. The first-order valence-electron chi connectivity index (χ1n) is 7.22. The zero-order valence-corrected chi connectivity index (χ0v) is 13.4. The Morgan fingerprint density at radius 1 is 1.14 bits per heavy atom. The highest BCUT2D eigenvalue weighted by Crippen LogP contribution is 2.36. The summed E-state index contributed by atoms with van der Waals surface area (Å²) < 4.78 is 27.8. The number of halogens is 1. The molecule has 1 fully saturated rings. The number of aromatic nitrogens is 3. The highest BCUT2D eigenvalue weighted by atomic mass is 19.1. The van der Waals surface area contributed by atoms with Crippen LogP contribution in [0.3, 0.4) is 0 Å². The number of rotatable bonds is 2. The van der Waals surface area contributed by atoms with Gasteiger partial charge in [0, 0.05) is 11.7 Å². The molecule has 0 aromatic carbocycles. The van der Waals surface area contributed by atoms with Crippen molar-refractivity contribution >= 4 is 12.6 Å². The maximum absolute atomic E-state index is 14.2. The third-order valence-corrected chi connectivity index (χ3v) is 4.35. The standard InChI is InChI=1S/C15H19BFN3O2/c1-10-8-20(9-19-10)13-6-11(12(17)7-18-13)16-21-14(2,3)15(4,5)22-16/h6-9H,1-5H3. The molecule has 3 heterocycles. The highest BCUT2D eigenvalue weighted by molar-refractivity contribution is 6.62. The third kappa shape index (κ3) is 2.44. The molecule has 3 rings (SSSR count). The van der Waals surface area contributed by atoms with Crippen molar-refractivity contribution in [3.63, 3.8) is 0 Å². The van der Waals surface area contributed by atoms with Crippen LogP contribution in [0.2, 0.25) is 0 Å². The van der Waals surface area contributed by atoms with Crippen molar-refractivity contribution in [1.29, 1.82) is 0 Å². The van der Waals surface area contributed by atoms with E-state index in [-0.39, 0.29) is 0 Å². The Bertz CT molecular complexity index is 699. The topological polar surface area (TPSA) is 49.2 Å². The van der Waals surface area contributed by atoms with Gasteiger partial charge in [-0.3, -0.25) is 4.57 Å². The molecule has 0 atom stereocenters. The molecule has 1 aliphatic heterocycles. The van der Waals surface area contributed by atoms with Gasteiger partial charge >= 0.3 is 7.12 Å². The summed E-state index contributed by atoms with van der Waals surface area (Å²) in [7, 11) is -0.753. The Hall–Kier alpha value is -1.73. The Morgan fingerprint density at radius 3 is 2.32 bits per heavy atom. The molecular formula is C15H19BFN3O2. The first kappa shape index (κ1) is 15.2. The predicted octanol–water partition coefficient (Wildman–Crippen LogP) is 2.01. The quantitative estimate of drug-likeness (QED) is 0.796. The van der Waals surface area contributed by atoms with Crippen LogP contribution in [0.1, 0.15) is 33.4 Å². The van der Waals surface area contributed by atoms with Gasteiger partial charge in [-0.1, -0.05) is 0 Å². The van der Waals surface area contributed by atoms with E-state index in [1.54, 1.807) is 17.0 Å². The van der Waals surface area contributed by atoms with E-state index in [2.05, 4.69) is 9.97 Å². The fraction of sp³-hybridized carbons (Fsp3) is 0.467. The molecule has 0 amide bonds. The predicted molar refractivity (Wildman–Crippen MR) is 81.8 cm³/mol. The molecule has 0 radical (unpaired) electrons. The highest BCUT2D eigenvalue weighted by Gasteiger charge is 2.52. The molecule has 0 N–H and O–H groups in total. The van der Waals surface area contributed by atoms with Crippen LogP contribution in [-0.2, 0) is 9.31 Å². The molecule has 0 unspecified atom stereocenters. The van der Waals surface area contributed by atoms with Crippen molar-refractivity contribution in [1.82, 2.24) is 14.5 Å². The average molecular weight is 303 g/mol. The molecule has 22 heavy (non-hydrogen) atoms. The Balaban J connectivity index is 1.98. The summed E-state index contributed by atoms with van der Waals surface area (Å²) in [4.78, 5) is 8.26. The average Bonchev–Trinajstić information content (AvgIpc) is 2.92. The fourth-order valence-corrected chi connectivity index (χ4v) is 2.28. The molecule has 1 aliphatic rings. The van der Waals surface area contributed by atoms with E-state index in [0.717, 1.165) is 5.69 Å². The van der Waals surface area contributed by atoms with Crippen molar-refractivity contribution in [2.24, 2.45) is 0 Å². The van der Waals surface area contributed by atoms with Crippen molar-refractivity contribution in [2.45, 2.75) is 45.8 Å². The van der Waals surface area contributed by atoms with Crippen molar-refractivity contribution in [2.75, 3.05) is 0 Å². The lowest BCUT2D eigenvalue weighted by Crippen LogP contribution is -2.41. The van der Waals surface area contributed by atoms with Gasteiger partial charge in [0.05, 0.1) is 23.1 Å². The van der Waals surface area contributed by atoms with Gasteiger partial charge in [-0.25, -0.2) is 14.4 Å². The lowest BCUT2D eigenvalue weighted by atomic mass is 9.79. The van der Waals surface area contributed by atoms with E-state index in [9.17, 15) is 4.39 Å². The summed E-state index contributed by atoms with van der Waals surface area (Å²) in [5.74, 6) is 0.130. The minimum Gasteiger partial charge on any atom is -0.399 e. The fourth-order valence-electron chi connectivity index (χ4n) is 2.28. The molecular weight excluding hydrogens is 284 g/mol. The van der Waals surface area contributed by atoms with Gasteiger partial charge in [0.25, 0.3) is 0 Å². The summed E-state index contributed by atoms with van der Waals surface area (Å²) >= 11 is 0. The molecule has 0 bridgehead atoms. The van der Waals surface area contributed by atoms with Crippen LogP contribution in [0.25, 0.3) is 5.82 Å². The summed E-state index contributed by atoms with van der Waals surface area (Å²) in [6.07, 6.45) is 4.66. The maximum Gasteiger partial charge on any atom is 0.498 e. The number of imidazole rings is 1. The molecule has 0 aliphatic carbocycles. The van der Waals surface area contributed by atoms with Crippen molar-refractivity contribution in [3.05, 3.63) is 36.3 Å². The molecule has 1 saturated heterocycles. The van der Waals surface area contributed by atoms with E-state index >= 15 is 0 Å². The molecule has 5 nitrogen and oxygen atoms in total. The summed E-state index contributed by atoms with van der Waals surface area (Å²) in [6.45, 7) is 9.63. The lowest BCUT2D eigenvalue weighted by molar-refractivity contribution is 0.00578. The maximum atomic E-state index is 14.2. The van der Waals surface area contributed by atoms with E-state index in [1.807, 2.05) is 40.8 Å². The van der Waals surface area contributed by atoms with Gasteiger partial charge in [0.2, 0.25) is 0 Å². The van der Waals surface area contributed by atoms with E-state index in [4.69, 9.17) is 9.31 Å². The van der Waals surface area contributed by atoms with Gasteiger partial charge in [0.1, 0.15) is 18.0 Å². The summed E-state index contributed by atoms with van der Waals surface area (Å²) in [6, 6.07) is 1.64. The van der Waals surface area contributed by atoms with E-state index in [0.29, 0.717) is 11.3 Å². The molecule has 0 saturated carbocycles. The van der Waals surface area contributed by atoms with Crippen LogP contribution >= 0.6 is 0 Å².